The van der Waals surface area contributed by atoms with Crippen LogP contribution in [-0.4, -0.2) is 40.3 Å². The molecule has 0 radical (unpaired) electrons. The standard InChI is InChI=1S/C11H16ClF3N4O/c1-4-5-20-10-17-8(12)16-9(18-10)19(7(2)3)6-11(13,14)15/h7H,4-6H2,1-3H3. The topological polar surface area (TPSA) is 51.1 Å². The minimum atomic E-state index is -4.37. The van der Waals surface area contributed by atoms with Crippen molar-refractivity contribution >= 4 is 17.5 Å². The summed E-state index contributed by atoms with van der Waals surface area (Å²) in [6, 6.07) is -0.524. The summed E-state index contributed by atoms with van der Waals surface area (Å²) in [4.78, 5) is 12.3. The zero-order chi connectivity index (χ0) is 15.3. The normalized spacial score (nSPS) is 11.8. The highest BCUT2D eigenvalue weighted by Crippen LogP contribution is 2.23. The van der Waals surface area contributed by atoms with E-state index in [0.29, 0.717) is 6.61 Å². The van der Waals surface area contributed by atoms with Crippen LogP contribution in [0, 0.1) is 0 Å². The first kappa shape index (κ1) is 16.7. The maximum Gasteiger partial charge on any atom is 0.406 e. The highest BCUT2D eigenvalue weighted by Gasteiger charge is 2.33. The Labute approximate surface area is 120 Å². The molecular formula is C11H16ClF3N4O. The molecule has 0 amide bonds. The first-order valence-electron chi connectivity index (χ1n) is 6.10. The molecule has 0 spiro atoms. The van der Waals surface area contributed by atoms with Crippen LogP contribution in [0.3, 0.4) is 0 Å². The molecule has 0 saturated heterocycles. The van der Waals surface area contributed by atoms with Gasteiger partial charge in [0, 0.05) is 6.04 Å². The molecule has 1 rings (SSSR count). The lowest BCUT2D eigenvalue weighted by atomic mass is 10.3. The highest BCUT2D eigenvalue weighted by molar-refractivity contribution is 6.28. The Morgan fingerprint density at radius 1 is 1.25 bits per heavy atom. The Bertz CT molecular complexity index is 442. The van der Waals surface area contributed by atoms with Crippen LogP contribution in [0.2, 0.25) is 5.28 Å². The molecule has 1 heterocycles. The summed E-state index contributed by atoms with van der Waals surface area (Å²) in [5, 5.41) is -0.200. The molecule has 1 aromatic heterocycles. The van der Waals surface area contributed by atoms with Gasteiger partial charge in [0.15, 0.2) is 0 Å². The van der Waals surface area contributed by atoms with Crippen LogP contribution < -0.4 is 9.64 Å². The van der Waals surface area contributed by atoms with Crippen LogP contribution in [0.15, 0.2) is 0 Å². The lowest BCUT2D eigenvalue weighted by Gasteiger charge is -2.27. The summed E-state index contributed by atoms with van der Waals surface area (Å²) in [5.74, 6) is -0.150. The minimum Gasteiger partial charge on any atom is -0.463 e. The average molecular weight is 313 g/mol. The van der Waals surface area contributed by atoms with Crippen molar-refractivity contribution in [2.45, 2.75) is 39.4 Å². The Morgan fingerprint density at radius 2 is 1.90 bits per heavy atom. The Hall–Kier alpha value is -1.31. The summed E-state index contributed by atoms with van der Waals surface area (Å²) in [6.07, 6.45) is -3.65. The molecule has 0 atom stereocenters. The Kier molecular flexibility index (Phi) is 5.79. The van der Waals surface area contributed by atoms with Gasteiger partial charge in [-0.1, -0.05) is 6.92 Å². The number of hydrogen-bond donors (Lipinski definition) is 0. The quantitative estimate of drug-likeness (QED) is 0.808. The first-order valence-corrected chi connectivity index (χ1v) is 6.48. The minimum absolute atomic E-state index is 0.0744. The fourth-order valence-electron chi connectivity index (χ4n) is 1.39. The average Bonchev–Trinajstić information content (AvgIpc) is 2.31. The summed E-state index contributed by atoms with van der Waals surface area (Å²) in [5.41, 5.74) is 0. The number of halogens is 4. The monoisotopic (exact) mass is 312 g/mol. The van der Waals surface area contributed by atoms with Gasteiger partial charge in [0.05, 0.1) is 6.61 Å². The van der Waals surface area contributed by atoms with Crippen LogP contribution in [0.5, 0.6) is 6.01 Å². The van der Waals surface area contributed by atoms with Gasteiger partial charge in [-0.2, -0.15) is 28.1 Å². The molecule has 0 aliphatic rings. The van der Waals surface area contributed by atoms with Crippen molar-refractivity contribution in [2.24, 2.45) is 0 Å². The van der Waals surface area contributed by atoms with Gasteiger partial charge in [0.1, 0.15) is 6.54 Å². The van der Waals surface area contributed by atoms with Crippen LogP contribution in [0.4, 0.5) is 19.1 Å². The predicted octanol–water partition coefficient (Wildman–Crippen LogP) is 3.09. The van der Waals surface area contributed by atoms with Crippen molar-refractivity contribution in [3.63, 3.8) is 0 Å². The molecule has 1 aromatic rings. The molecule has 9 heteroatoms. The zero-order valence-electron chi connectivity index (χ0n) is 11.4. The maximum atomic E-state index is 12.6. The molecule has 0 bridgehead atoms. The first-order chi connectivity index (χ1) is 9.23. The van der Waals surface area contributed by atoms with E-state index in [4.69, 9.17) is 16.3 Å². The molecule has 0 aromatic carbocycles. The Morgan fingerprint density at radius 3 is 2.40 bits per heavy atom. The van der Waals surface area contributed by atoms with Crippen molar-refractivity contribution < 1.29 is 17.9 Å². The number of anilines is 1. The van der Waals surface area contributed by atoms with Crippen LogP contribution >= 0.6 is 11.6 Å². The number of nitrogens with zero attached hydrogens (tertiary/aromatic N) is 4. The lowest BCUT2D eigenvalue weighted by Crippen LogP contribution is -2.40. The van der Waals surface area contributed by atoms with Crippen molar-refractivity contribution in [2.75, 3.05) is 18.1 Å². The van der Waals surface area contributed by atoms with Crippen LogP contribution in [-0.2, 0) is 0 Å². The molecule has 0 aliphatic heterocycles. The smallest absolute Gasteiger partial charge is 0.406 e. The molecule has 0 aliphatic carbocycles. The van der Waals surface area contributed by atoms with Crippen molar-refractivity contribution in [1.82, 2.24) is 15.0 Å². The maximum absolute atomic E-state index is 12.6. The number of rotatable bonds is 6. The summed E-state index contributed by atoms with van der Waals surface area (Å²) < 4.78 is 42.9. The highest BCUT2D eigenvalue weighted by atomic mass is 35.5. The Balaban J connectivity index is 3.03. The van der Waals surface area contributed by atoms with E-state index in [-0.39, 0.29) is 17.2 Å². The van der Waals surface area contributed by atoms with Gasteiger partial charge in [-0.25, -0.2) is 0 Å². The van der Waals surface area contributed by atoms with Gasteiger partial charge in [-0.05, 0) is 31.9 Å². The van der Waals surface area contributed by atoms with Gasteiger partial charge < -0.3 is 9.64 Å². The summed E-state index contributed by atoms with van der Waals surface area (Å²) in [6.45, 7) is 4.28. The number of hydrogen-bond acceptors (Lipinski definition) is 5. The zero-order valence-corrected chi connectivity index (χ0v) is 12.2. The fourth-order valence-corrected chi connectivity index (χ4v) is 1.53. The van der Waals surface area contributed by atoms with E-state index < -0.39 is 18.8 Å². The molecule has 114 valence electrons. The number of aromatic nitrogens is 3. The van der Waals surface area contributed by atoms with Gasteiger partial charge >= 0.3 is 12.2 Å². The van der Waals surface area contributed by atoms with Gasteiger partial charge in [-0.15, -0.1) is 0 Å². The van der Waals surface area contributed by atoms with Gasteiger partial charge in [0.25, 0.3) is 0 Å². The van der Waals surface area contributed by atoms with Crippen molar-refractivity contribution in [3.05, 3.63) is 5.28 Å². The van der Waals surface area contributed by atoms with E-state index in [1.54, 1.807) is 13.8 Å². The molecule has 20 heavy (non-hydrogen) atoms. The second kappa shape index (κ2) is 6.92. The fraction of sp³-hybridized carbons (Fsp3) is 0.727. The molecule has 0 unspecified atom stereocenters. The molecule has 0 saturated carbocycles. The van der Waals surface area contributed by atoms with E-state index in [0.717, 1.165) is 11.3 Å². The van der Waals surface area contributed by atoms with Crippen molar-refractivity contribution in [3.8, 4) is 6.01 Å². The van der Waals surface area contributed by atoms with E-state index in [1.807, 2.05) is 6.92 Å². The third-order valence-electron chi connectivity index (χ3n) is 2.24. The van der Waals surface area contributed by atoms with E-state index >= 15 is 0 Å². The predicted molar refractivity (Wildman–Crippen MR) is 69.2 cm³/mol. The second-order valence-electron chi connectivity index (χ2n) is 4.37. The van der Waals surface area contributed by atoms with E-state index in [1.165, 1.54) is 0 Å². The summed E-state index contributed by atoms with van der Waals surface area (Å²) in [7, 11) is 0. The van der Waals surface area contributed by atoms with Crippen LogP contribution in [0.25, 0.3) is 0 Å². The van der Waals surface area contributed by atoms with Crippen LogP contribution in [0.1, 0.15) is 27.2 Å². The second-order valence-corrected chi connectivity index (χ2v) is 4.71. The number of alkyl halides is 3. The SMILES string of the molecule is CCCOc1nc(Cl)nc(N(CC(F)(F)F)C(C)C)n1. The third-order valence-corrected chi connectivity index (χ3v) is 2.41. The summed E-state index contributed by atoms with van der Waals surface area (Å²) >= 11 is 5.70. The van der Waals surface area contributed by atoms with E-state index in [9.17, 15) is 13.2 Å². The third kappa shape index (κ3) is 5.36. The number of ether oxygens (including phenoxy) is 1. The largest absolute Gasteiger partial charge is 0.463 e. The van der Waals surface area contributed by atoms with Gasteiger partial charge in [-0.3, -0.25) is 0 Å². The van der Waals surface area contributed by atoms with Gasteiger partial charge in [0.2, 0.25) is 11.2 Å². The molecule has 0 fully saturated rings. The van der Waals surface area contributed by atoms with Crippen molar-refractivity contribution in [1.29, 1.82) is 0 Å². The lowest BCUT2D eigenvalue weighted by molar-refractivity contribution is -0.120. The van der Waals surface area contributed by atoms with E-state index in [2.05, 4.69) is 15.0 Å². The molecular weight excluding hydrogens is 297 g/mol. The molecule has 0 N–H and O–H groups in total. The molecule has 5 nitrogen and oxygen atoms in total.